The van der Waals surface area contributed by atoms with E-state index in [2.05, 4.69) is 0 Å². The van der Waals surface area contributed by atoms with Crippen molar-refractivity contribution in [2.24, 2.45) is 0 Å². The van der Waals surface area contributed by atoms with Crippen molar-refractivity contribution in [1.82, 2.24) is 5.48 Å². The Bertz CT molecular complexity index is 350. The van der Waals surface area contributed by atoms with Crippen LogP contribution in [0.5, 0.6) is 0 Å². The third-order valence-electron chi connectivity index (χ3n) is 2.00. The largest absolute Gasteiger partial charge is 0.288 e. The summed E-state index contributed by atoms with van der Waals surface area (Å²) in [6.07, 6.45) is 0. The number of benzene rings is 1. The topological polar surface area (TPSA) is 49.3 Å². The highest BCUT2D eigenvalue weighted by Crippen LogP contribution is 2.23. The Morgan fingerprint density at radius 1 is 1.46 bits per heavy atom. The third kappa shape index (κ3) is 1.82. The lowest BCUT2D eigenvalue weighted by Crippen LogP contribution is -2.19. The first-order valence-electron chi connectivity index (χ1n) is 3.78. The monoisotopic (exact) mass is 199 g/mol. The van der Waals surface area contributed by atoms with E-state index < -0.39 is 5.91 Å². The number of hydrogen-bond donors (Lipinski definition) is 2. The van der Waals surface area contributed by atoms with Gasteiger partial charge in [-0.05, 0) is 31.0 Å². The highest BCUT2D eigenvalue weighted by Gasteiger charge is 2.11. The summed E-state index contributed by atoms with van der Waals surface area (Å²) < 4.78 is 0. The smallest absolute Gasteiger partial charge is 0.276 e. The van der Waals surface area contributed by atoms with Gasteiger partial charge in [-0.1, -0.05) is 17.7 Å². The lowest BCUT2D eigenvalue weighted by atomic mass is 10.1. The first kappa shape index (κ1) is 10.0. The van der Waals surface area contributed by atoms with Crippen LogP contribution in [0.3, 0.4) is 0 Å². The van der Waals surface area contributed by atoms with Gasteiger partial charge in [0.1, 0.15) is 0 Å². The van der Waals surface area contributed by atoms with E-state index in [-0.39, 0.29) is 5.56 Å². The molecule has 0 aliphatic heterocycles. The zero-order valence-electron chi connectivity index (χ0n) is 7.39. The molecule has 0 atom stereocenters. The van der Waals surface area contributed by atoms with Crippen LogP contribution in [0.25, 0.3) is 0 Å². The second-order valence-electron chi connectivity index (χ2n) is 2.81. The highest BCUT2D eigenvalue weighted by molar-refractivity contribution is 6.34. The van der Waals surface area contributed by atoms with Gasteiger partial charge in [0, 0.05) is 0 Å². The normalized spacial score (nSPS) is 9.85. The van der Waals surface area contributed by atoms with Crippen LogP contribution in [0.1, 0.15) is 21.5 Å². The number of hydroxylamine groups is 1. The van der Waals surface area contributed by atoms with E-state index in [9.17, 15) is 4.79 Å². The van der Waals surface area contributed by atoms with Crippen molar-refractivity contribution in [2.45, 2.75) is 13.8 Å². The molecule has 1 aromatic rings. The fourth-order valence-electron chi connectivity index (χ4n) is 1.02. The Morgan fingerprint density at radius 2 is 2.08 bits per heavy atom. The van der Waals surface area contributed by atoms with Crippen LogP contribution in [-0.4, -0.2) is 11.1 Å². The Hall–Kier alpha value is -1.06. The molecule has 0 radical (unpaired) electrons. The molecule has 0 saturated heterocycles. The number of carbonyl (C=O) groups is 1. The zero-order valence-corrected chi connectivity index (χ0v) is 8.14. The number of nitrogens with one attached hydrogen (secondary N) is 1. The molecule has 4 heteroatoms. The van der Waals surface area contributed by atoms with E-state index in [1.165, 1.54) is 0 Å². The highest BCUT2D eigenvalue weighted by atomic mass is 35.5. The molecule has 0 fully saturated rings. The van der Waals surface area contributed by atoms with Gasteiger partial charge < -0.3 is 0 Å². The molecule has 0 bridgehead atoms. The van der Waals surface area contributed by atoms with Gasteiger partial charge in [-0.15, -0.1) is 0 Å². The summed E-state index contributed by atoms with van der Waals surface area (Å²) in [5, 5.41) is 8.80. The Labute approximate surface area is 81.3 Å². The lowest BCUT2D eigenvalue weighted by Gasteiger charge is -2.07. The number of amides is 1. The molecule has 0 spiro atoms. The molecular weight excluding hydrogens is 190 g/mol. The summed E-state index contributed by atoms with van der Waals surface area (Å²) in [4.78, 5) is 11.1. The minimum atomic E-state index is -0.590. The molecule has 1 rings (SSSR count). The molecule has 1 aromatic carbocycles. The Kier molecular flexibility index (Phi) is 2.90. The minimum absolute atomic E-state index is 0.285. The molecule has 0 heterocycles. The van der Waals surface area contributed by atoms with Gasteiger partial charge in [0.25, 0.3) is 5.91 Å². The Morgan fingerprint density at radius 3 is 2.62 bits per heavy atom. The minimum Gasteiger partial charge on any atom is -0.288 e. The summed E-state index contributed by atoms with van der Waals surface area (Å²) in [5.74, 6) is -0.590. The predicted octanol–water partition coefficient (Wildman–Crippen LogP) is 2.08. The zero-order chi connectivity index (χ0) is 10.0. The summed E-state index contributed by atoms with van der Waals surface area (Å²) in [6, 6.07) is 3.36. The summed E-state index contributed by atoms with van der Waals surface area (Å²) in [6.45, 7) is 3.73. The van der Waals surface area contributed by atoms with Crippen molar-refractivity contribution >= 4 is 17.5 Å². The molecule has 0 aliphatic carbocycles. The van der Waals surface area contributed by atoms with Gasteiger partial charge in [0.05, 0.1) is 10.6 Å². The van der Waals surface area contributed by atoms with Gasteiger partial charge >= 0.3 is 0 Å². The van der Waals surface area contributed by atoms with Gasteiger partial charge in [0.15, 0.2) is 0 Å². The standard InChI is InChI=1S/C9H10ClNO2/c1-5-3-4-7(9(12)11-13)8(10)6(5)2/h3-4,13H,1-2H3,(H,11,12). The molecule has 1 amide bonds. The average Bonchev–Trinajstić information content (AvgIpc) is 2.13. The van der Waals surface area contributed by atoms with Crippen molar-refractivity contribution in [1.29, 1.82) is 0 Å². The van der Waals surface area contributed by atoms with Gasteiger partial charge in [-0.25, -0.2) is 5.48 Å². The first-order valence-corrected chi connectivity index (χ1v) is 4.16. The molecule has 70 valence electrons. The predicted molar refractivity (Wildman–Crippen MR) is 50.2 cm³/mol. The quantitative estimate of drug-likeness (QED) is 0.538. The number of halogens is 1. The molecule has 2 N–H and O–H groups in total. The van der Waals surface area contributed by atoms with Crippen LogP contribution < -0.4 is 5.48 Å². The summed E-state index contributed by atoms with van der Waals surface area (Å²) in [5.41, 5.74) is 3.69. The van der Waals surface area contributed by atoms with E-state index in [1.54, 1.807) is 17.6 Å². The summed E-state index contributed by atoms with van der Waals surface area (Å²) in [7, 11) is 0. The van der Waals surface area contributed by atoms with E-state index in [0.29, 0.717) is 5.02 Å². The molecule has 3 nitrogen and oxygen atoms in total. The second-order valence-corrected chi connectivity index (χ2v) is 3.19. The van der Waals surface area contributed by atoms with E-state index >= 15 is 0 Å². The first-order chi connectivity index (χ1) is 6.07. The molecule has 0 aromatic heterocycles. The molecular formula is C9H10ClNO2. The average molecular weight is 200 g/mol. The number of rotatable bonds is 1. The SMILES string of the molecule is Cc1ccc(C(=O)NO)c(Cl)c1C. The number of hydrogen-bond acceptors (Lipinski definition) is 2. The van der Waals surface area contributed by atoms with Crippen LogP contribution in [0.2, 0.25) is 5.02 Å². The Balaban J connectivity index is 3.26. The van der Waals surface area contributed by atoms with Gasteiger partial charge in [0.2, 0.25) is 0 Å². The molecule has 13 heavy (non-hydrogen) atoms. The molecule has 0 aliphatic rings. The van der Waals surface area contributed by atoms with Crippen molar-refractivity contribution < 1.29 is 10.0 Å². The van der Waals surface area contributed by atoms with Crippen molar-refractivity contribution in [3.05, 3.63) is 33.8 Å². The van der Waals surface area contributed by atoms with E-state index in [4.69, 9.17) is 16.8 Å². The fraction of sp³-hybridized carbons (Fsp3) is 0.222. The van der Waals surface area contributed by atoms with Crippen LogP contribution >= 0.6 is 11.6 Å². The van der Waals surface area contributed by atoms with E-state index in [0.717, 1.165) is 11.1 Å². The maximum absolute atomic E-state index is 11.1. The third-order valence-corrected chi connectivity index (χ3v) is 2.49. The second kappa shape index (κ2) is 3.77. The fourth-order valence-corrected chi connectivity index (χ4v) is 1.32. The van der Waals surface area contributed by atoms with Crippen molar-refractivity contribution in [2.75, 3.05) is 0 Å². The maximum atomic E-state index is 11.1. The number of carbonyl (C=O) groups excluding carboxylic acids is 1. The van der Waals surface area contributed by atoms with Crippen molar-refractivity contribution in [3.63, 3.8) is 0 Å². The van der Waals surface area contributed by atoms with Crippen molar-refractivity contribution in [3.8, 4) is 0 Å². The van der Waals surface area contributed by atoms with E-state index in [1.807, 2.05) is 13.8 Å². The van der Waals surface area contributed by atoms with Crippen LogP contribution in [0, 0.1) is 13.8 Å². The molecule has 0 saturated carbocycles. The van der Waals surface area contributed by atoms with Gasteiger partial charge in [-0.2, -0.15) is 0 Å². The summed E-state index contributed by atoms with van der Waals surface area (Å²) >= 11 is 5.90. The maximum Gasteiger partial charge on any atom is 0.276 e. The van der Waals surface area contributed by atoms with Gasteiger partial charge in [-0.3, -0.25) is 10.0 Å². The number of aryl methyl sites for hydroxylation is 1. The van der Waals surface area contributed by atoms with Crippen LogP contribution in [0.15, 0.2) is 12.1 Å². The lowest BCUT2D eigenvalue weighted by molar-refractivity contribution is 0.0706. The van der Waals surface area contributed by atoms with Crippen LogP contribution in [0.4, 0.5) is 0 Å². The molecule has 0 unspecified atom stereocenters. The van der Waals surface area contributed by atoms with Crippen LogP contribution in [-0.2, 0) is 0 Å².